The monoisotopic (exact) mass is 840 g/mol. The summed E-state index contributed by atoms with van der Waals surface area (Å²) in [6.45, 7) is 1.73. The molecule has 4 N–H and O–H groups in total. The Morgan fingerprint density at radius 2 is 0.406 bits per heavy atom. The first kappa shape index (κ1) is 43.7. The summed E-state index contributed by atoms with van der Waals surface area (Å²) in [5.74, 6) is 0.770. The van der Waals surface area contributed by atoms with Gasteiger partial charge in [-0.1, -0.05) is 170 Å². The van der Waals surface area contributed by atoms with Crippen molar-refractivity contribution in [1.29, 1.82) is 0 Å². The van der Waals surface area contributed by atoms with E-state index in [0.717, 1.165) is 45.1 Å². The molecule has 0 bridgehead atoms. The minimum atomic E-state index is 0.192. The minimum Gasteiger partial charge on any atom is -0.507 e. The van der Waals surface area contributed by atoms with Crippen molar-refractivity contribution in [2.45, 2.75) is 0 Å². The average molecular weight is 841 g/mol. The van der Waals surface area contributed by atoms with Gasteiger partial charge < -0.3 is 20.4 Å². The summed E-state index contributed by atoms with van der Waals surface area (Å²) in [5, 5.41) is 41.5. The van der Waals surface area contributed by atoms with Crippen LogP contribution in [0.1, 0.15) is 44.5 Å². The van der Waals surface area contributed by atoms with Gasteiger partial charge in [0.2, 0.25) is 0 Å². The molecule has 0 aliphatic carbocycles. The van der Waals surface area contributed by atoms with E-state index < -0.39 is 0 Å². The molecule has 0 atom stereocenters. The summed E-state index contributed by atoms with van der Waals surface area (Å²) < 4.78 is 0. The number of phenols is 4. The van der Waals surface area contributed by atoms with Crippen LogP contribution in [0.2, 0.25) is 0 Å². The molecule has 8 aromatic carbocycles. The molecule has 8 aromatic rings. The normalized spacial score (nSPS) is 12.0. The van der Waals surface area contributed by atoms with Gasteiger partial charge in [0.05, 0.1) is 49.0 Å². The summed E-state index contributed by atoms with van der Waals surface area (Å²) in [7, 11) is 0. The third kappa shape index (κ3) is 11.5. The number of phenolic OH excluding ortho intramolecular Hbond substituents is 4. The van der Waals surface area contributed by atoms with E-state index in [1.807, 2.05) is 170 Å². The maximum Gasteiger partial charge on any atom is 0.124 e. The van der Waals surface area contributed by atoms with E-state index in [2.05, 4.69) is 0 Å². The van der Waals surface area contributed by atoms with Gasteiger partial charge in [-0.15, -0.1) is 0 Å². The summed E-state index contributed by atoms with van der Waals surface area (Å²) >= 11 is 0. The van der Waals surface area contributed by atoms with Gasteiger partial charge in [-0.2, -0.15) is 0 Å². The highest BCUT2D eigenvalue weighted by atomic mass is 16.3. The summed E-state index contributed by atoms with van der Waals surface area (Å²) in [6, 6.07) is 68.1. The summed E-state index contributed by atoms with van der Waals surface area (Å²) in [5.41, 5.74) is 9.38. The quantitative estimate of drug-likeness (QED) is 0.0641. The van der Waals surface area contributed by atoms with Crippen LogP contribution in [0.15, 0.2) is 238 Å². The van der Waals surface area contributed by atoms with Gasteiger partial charge in [-0.3, -0.25) is 20.0 Å². The van der Waals surface area contributed by atoms with Crippen LogP contribution in [0, 0.1) is 0 Å². The molecule has 0 unspecified atom stereocenters. The maximum absolute atomic E-state index is 10.4. The largest absolute Gasteiger partial charge is 0.507 e. The number of aromatic hydroxyl groups is 4. The Labute approximate surface area is 374 Å². The second-order valence-electron chi connectivity index (χ2n) is 14.5. The third-order valence-corrected chi connectivity index (χ3v) is 10.1. The van der Waals surface area contributed by atoms with Crippen LogP contribution in [-0.2, 0) is 0 Å². The number of rotatable bonds is 14. The minimum absolute atomic E-state index is 0.192. The Balaban J connectivity index is 0.000000191. The van der Waals surface area contributed by atoms with E-state index in [9.17, 15) is 20.4 Å². The lowest BCUT2D eigenvalue weighted by Crippen LogP contribution is -2.08. The fraction of sp³-hybridized carbons (Fsp3) is 0.0714. The molecule has 64 heavy (non-hydrogen) atoms. The summed E-state index contributed by atoms with van der Waals surface area (Å²) in [4.78, 5) is 19.2. The molecule has 0 fully saturated rings. The highest BCUT2D eigenvalue weighted by Gasteiger charge is 2.14. The number of hydrogen-bond donors (Lipinski definition) is 4. The average Bonchev–Trinajstić information content (AvgIpc) is 3.34. The molecule has 8 heteroatoms. The van der Waals surface area contributed by atoms with Crippen molar-refractivity contribution < 1.29 is 20.4 Å². The lowest BCUT2D eigenvalue weighted by Gasteiger charge is -2.11. The number of benzene rings is 8. The van der Waals surface area contributed by atoms with Crippen LogP contribution < -0.4 is 0 Å². The van der Waals surface area contributed by atoms with E-state index in [1.165, 1.54) is 0 Å². The van der Waals surface area contributed by atoms with Crippen LogP contribution in [-0.4, -0.2) is 69.5 Å². The van der Waals surface area contributed by atoms with Crippen molar-refractivity contribution in [3.05, 3.63) is 263 Å². The van der Waals surface area contributed by atoms with Crippen molar-refractivity contribution in [2.75, 3.05) is 26.2 Å². The smallest absolute Gasteiger partial charge is 0.124 e. The van der Waals surface area contributed by atoms with Crippen LogP contribution in [0.25, 0.3) is 0 Å². The van der Waals surface area contributed by atoms with Gasteiger partial charge in [-0.05, 0) is 48.5 Å². The Hall–Kier alpha value is -8.36. The number of hydrogen-bond acceptors (Lipinski definition) is 8. The van der Waals surface area contributed by atoms with E-state index in [-0.39, 0.29) is 23.0 Å². The molecule has 316 valence electrons. The molecule has 0 spiro atoms. The SMILES string of the molecule is Oc1ccccc1C(=NCCN=C(c1ccccc1)c1ccccc1O)c1ccccc1.Oc1ccccc1C(=NCCN=C(c1ccccc1)c1ccccc1O)c1ccccc1. The van der Waals surface area contributed by atoms with Gasteiger partial charge in [0.1, 0.15) is 23.0 Å². The van der Waals surface area contributed by atoms with Crippen molar-refractivity contribution in [2.24, 2.45) is 20.0 Å². The molecule has 0 heterocycles. The number of para-hydroxylation sites is 4. The van der Waals surface area contributed by atoms with Gasteiger partial charge in [0.25, 0.3) is 0 Å². The Morgan fingerprint density at radius 1 is 0.234 bits per heavy atom. The lowest BCUT2D eigenvalue weighted by atomic mass is 10.0. The predicted molar refractivity (Wildman–Crippen MR) is 260 cm³/mol. The molecule has 0 aromatic heterocycles. The first-order valence-electron chi connectivity index (χ1n) is 21.0. The fourth-order valence-electron chi connectivity index (χ4n) is 7.05. The zero-order valence-corrected chi connectivity index (χ0v) is 35.2. The molecule has 8 rings (SSSR count). The Morgan fingerprint density at radius 3 is 0.594 bits per heavy atom. The molecular formula is C56H48N4O4. The van der Waals surface area contributed by atoms with Gasteiger partial charge in [0, 0.05) is 44.5 Å². The van der Waals surface area contributed by atoms with Crippen molar-refractivity contribution >= 4 is 22.8 Å². The molecule has 8 nitrogen and oxygen atoms in total. The van der Waals surface area contributed by atoms with Gasteiger partial charge >= 0.3 is 0 Å². The Bertz CT molecular complexity index is 2470. The summed E-state index contributed by atoms with van der Waals surface area (Å²) in [6.07, 6.45) is 0. The first-order valence-corrected chi connectivity index (χ1v) is 21.0. The van der Waals surface area contributed by atoms with Crippen LogP contribution in [0.5, 0.6) is 23.0 Å². The maximum atomic E-state index is 10.4. The standard InChI is InChI=1S/2C28H24N2O2/c2*31-25-17-9-7-15-23(25)27(21-11-3-1-4-12-21)29-19-20-30-28(22-13-5-2-6-14-22)24-16-8-10-18-26(24)32/h2*1-18,31-32H,19-20H2. The first-order chi connectivity index (χ1) is 31.5. The van der Waals surface area contributed by atoms with Gasteiger partial charge in [0.15, 0.2) is 0 Å². The topological polar surface area (TPSA) is 130 Å². The molecule has 0 radical (unpaired) electrons. The third-order valence-electron chi connectivity index (χ3n) is 10.1. The molecule has 0 aliphatic heterocycles. The number of aliphatic imine (C=N–C) groups is 4. The van der Waals surface area contributed by atoms with Crippen molar-refractivity contribution in [3.8, 4) is 23.0 Å². The molecular weight excluding hydrogens is 793 g/mol. The predicted octanol–water partition coefficient (Wildman–Crippen LogP) is 10.9. The zero-order valence-electron chi connectivity index (χ0n) is 35.2. The lowest BCUT2D eigenvalue weighted by molar-refractivity contribution is 0.473. The number of nitrogens with zero attached hydrogens (tertiary/aromatic N) is 4. The Kier molecular flexibility index (Phi) is 15.4. The van der Waals surface area contributed by atoms with Gasteiger partial charge in [-0.25, -0.2) is 0 Å². The van der Waals surface area contributed by atoms with Crippen molar-refractivity contribution in [3.63, 3.8) is 0 Å². The van der Waals surface area contributed by atoms with E-state index in [1.54, 1.807) is 48.5 Å². The highest BCUT2D eigenvalue weighted by Crippen LogP contribution is 2.25. The molecule has 0 amide bonds. The van der Waals surface area contributed by atoms with Crippen LogP contribution in [0.4, 0.5) is 0 Å². The molecule has 0 saturated heterocycles. The zero-order chi connectivity index (χ0) is 44.4. The molecule has 0 aliphatic rings. The second kappa shape index (κ2) is 22.5. The van der Waals surface area contributed by atoms with Crippen LogP contribution in [0.3, 0.4) is 0 Å². The van der Waals surface area contributed by atoms with Crippen LogP contribution >= 0.6 is 0 Å². The van der Waals surface area contributed by atoms with E-state index in [0.29, 0.717) is 48.4 Å². The highest BCUT2D eigenvalue weighted by molar-refractivity contribution is 6.16. The van der Waals surface area contributed by atoms with Crippen molar-refractivity contribution in [1.82, 2.24) is 0 Å². The second-order valence-corrected chi connectivity index (χ2v) is 14.5. The van der Waals surface area contributed by atoms with E-state index >= 15 is 0 Å². The van der Waals surface area contributed by atoms with E-state index in [4.69, 9.17) is 20.0 Å². The molecule has 0 saturated carbocycles. The fourth-order valence-corrected chi connectivity index (χ4v) is 7.05.